The molecule has 12 nitrogen and oxygen atoms in total. The van der Waals surface area contributed by atoms with Gasteiger partial charge in [0.15, 0.2) is 0 Å². The highest BCUT2D eigenvalue weighted by Crippen LogP contribution is 2.38. The molecule has 1 aromatic carbocycles. The Morgan fingerprint density at radius 2 is 1.63 bits per heavy atom. The predicted molar refractivity (Wildman–Crippen MR) is 139 cm³/mol. The zero-order chi connectivity index (χ0) is 27.9. The molecule has 2 aromatic rings. The van der Waals surface area contributed by atoms with Crippen LogP contribution in [0.5, 0.6) is 0 Å². The Labute approximate surface area is 225 Å². The number of hydrogen-bond donors (Lipinski definition) is 1. The number of amides is 2. The van der Waals surface area contributed by atoms with E-state index in [1.807, 2.05) is 0 Å². The molecule has 0 aliphatic carbocycles. The molecular formula is C24H31N3O9S2. The normalized spacial score (nSPS) is 13.2. The summed E-state index contributed by atoms with van der Waals surface area (Å²) in [6.45, 7) is 1.33. The van der Waals surface area contributed by atoms with Crippen molar-refractivity contribution in [2.45, 2.75) is 17.9 Å². The van der Waals surface area contributed by atoms with Crippen LogP contribution in [-0.2, 0) is 41.9 Å². The number of benzene rings is 1. The molecule has 3 rings (SSSR count). The second kappa shape index (κ2) is 13.2. The van der Waals surface area contributed by atoms with Gasteiger partial charge >= 0.3 is 12.1 Å². The van der Waals surface area contributed by atoms with Crippen molar-refractivity contribution in [3.05, 3.63) is 45.8 Å². The molecule has 0 atom stereocenters. The van der Waals surface area contributed by atoms with Crippen LogP contribution < -0.4 is 5.32 Å². The van der Waals surface area contributed by atoms with E-state index in [-0.39, 0.29) is 48.9 Å². The predicted octanol–water partition coefficient (Wildman–Crippen LogP) is 2.20. The summed E-state index contributed by atoms with van der Waals surface area (Å²) < 4.78 is 47.2. The quantitative estimate of drug-likeness (QED) is 0.403. The number of rotatable bonds is 11. The highest BCUT2D eigenvalue weighted by Gasteiger charge is 2.31. The van der Waals surface area contributed by atoms with Crippen LogP contribution in [0.3, 0.4) is 0 Å². The summed E-state index contributed by atoms with van der Waals surface area (Å²) in [5.41, 5.74) is 1.16. The van der Waals surface area contributed by atoms with Gasteiger partial charge < -0.3 is 29.2 Å². The van der Waals surface area contributed by atoms with Crippen molar-refractivity contribution in [2.75, 3.05) is 66.6 Å². The Kier molecular flexibility index (Phi) is 10.2. The van der Waals surface area contributed by atoms with Crippen LogP contribution in [0.25, 0.3) is 0 Å². The summed E-state index contributed by atoms with van der Waals surface area (Å²) in [6, 6.07) is 5.51. The van der Waals surface area contributed by atoms with Gasteiger partial charge in [0.05, 0.1) is 44.4 Å². The standard InChI is InChI=1S/C24H31N3O9S2/c1-33-13-11-27(12-14-34-2)38(31,32)17-7-5-16(6-8-17)21(28)25-22-20(23(29)35-3)18-9-10-26(24(30)36-4)15-19(18)37-22/h5-8H,9-15H2,1-4H3,(H,25,28). The van der Waals surface area contributed by atoms with Gasteiger partial charge in [-0.3, -0.25) is 4.79 Å². The zero-order valence-electron chi connectivity index (χ0n) is 21.6. The number of nitrogens with zero attached hydrogens (tertiary/aromatic N) is 2. The van der Waals surface area contributed by atoms with Crippen LogP contribution in [0.4, 0.5) is 9.80 Å². The largest absolute Gasteiger partial charge is 0.465 e. The topological polar surface area (TPSA) is 141 Å². The number of hydrogen-bond acceptors (Lipinski definition) is 10. The number of thiophene rings is 1. The van der Waals surface area contributed by atoms with Crippen molar-refractivity contribution < 1.29 is 41.7 Å². The number of carbonyl (C=O) groups is 3. The van der Waals surface area contributed by atoms with E-state index in [4.69, 9.17) is 18.9 Å². The fourth-order valence-electron chi connectivity index (χ4n) is 3.94. The maximum Gasteiger partial charge on any atom is 0.409 e. The highest BCUT2D eigenvalue weighted by molar-refractivity contribution is 7.89. The maximum absolute atomic E-state index is 13.1. The van der Waals surface area contributed by atoms with Crippen molar-refractivity contribution in [3.63, 3.8) is 0 Å². The molecule has 2 amide bonds. The molecule has 38 heavy (non-hydrogen) atoms. The lowest BCUT2D eigenvalue weighted by molar-refractivity contribution is 0.0600. The average Bonchev–Trinajstić information content (AvgIpc) is 3.28. The molecule has 14 heteroatoms. The smallest absolute Gasteiger partial charge is 0.409 e. The molecule has 0 fully saturated rings. The van der Waals surface area contributed by atoms with Gasteiger partial charge in [-0.1, -0.05) is 0 Å². The van der Waals surface area contributed by atoms with Crippen molar-refractivity contribution in [1.82, 2.24) is 9.21 Å². The lowest BCUT2D eigenvalue weighted by Gasteiger charge is -2.25. The second-order valence-electron chi connectivity index (χ2n) is 8.21. The maximum atomic E-state index is 13.1. The van der Waals surface area contributed by atoms with Gasteiger partial charge in [0.25, 0.3) is 5.91 Å². The summed E-state index contributed by atoms with van der Waals surface area (Å²) in [5.74, 6) is -1.13. The minimum absolute atomic E-state index is 0.0194. The fourth-order valence-corrected chi connectivity index (χ4v) is 6.59. The van der Waals surface area contributed by atoms with Crippen LogP contribution in [-0.4, -0.2) is 96.9 Å². The van der Waals surface area contributed by atoms with Crippen molar-refractivity contribution in [1.29, 1.82) is 0 Å². The fraction of sp³-hybridized carbons (Fsp3) is 0.458. The van der Waals surface area contributed by atoms with Gasteiger partial charge in [0.2, 0.25) is 10.0 Å². The molecule has 1 aliphatic rings. The number of esters is 1. The molecule has 0 spiro atoms. The minimum atomic E-state index is -3.84. The third-order valence-electron chi connectivity index (χ3n) is 5.95. The third kappa shape index (κ3) is 6.50. The van der Waals surface area contributed by atoms with E-state index in [0.717, 1.165) is 4.88 Å². The summed E-state index contributed by atoms with van der Waals surface area (Å²) >= 11 is 1.18. The van der Waals surface area contributed by atoms with Gasteiger partial charge in [0.1, 0.15) is 5.00 Å². The first-order valence-electron chi connectivity index (χ1n) is 11.6. The average molecular weight is 570 g/mol. The number of carbonyl (C=O) groups excluding carboxylic acids is 3. The lowest BCUT2D eigenvalue weighted by Crippen LogP contribution is -2.36. The van der Waals surface area contributed by atoms with Gasteiger partial charge in [-0.05, 0) is 36.2 Å². The molecule has 2 heterocycles. The van der Waals surface area contributed by atoms with E-state index >= 15 is 0 Å². The number of anilines is 1. The molecule has 1 N–H and O–H groups in total. The van der Waals surface area contributed by atoms with E-state index < -0.39 is 28.0 Å². The van der Waals surface area contributed by atoms with Gasteiger partial charge in [0, 0.05) is 44.3 Å². The van der Waals surface area contributed by atoms with Crippen LogP contribution >= 0.6 is 11.3 Å². The number of methoxy groups -OCH3 is 4. The van der Waals surface area contributed by atoms with E-state index in [0.29, 0.717) is 23.5 Å². The molecule has 1 aliphatic heterocycles. The Bertz CT molecular complexity index is 1250. The molecule has 0 bridgehead atoms. The van der Waals surface area contributed by atoms with E-state index in [1.54, 1.807) is 0 Å². The number of ether oxygens (including phenoxy) is 4. The summed E-state index contributed by atoms with van der Waals surface area (Å²) in [6.07, 6.45) is -0.0801. The number of nitrogens with one attached hydrogen (secondary N) is 1. The van der Waals surface area contributed by atoms with E-state index in [1.165, 1.54) is 73.2 Å². The molecule has 1 aromatic heterocycles. The molecule has 0 saturated carbocycles. The first kappa shape index (κ1) is 29.5. The molecule has 0 saturated heterocycles. The Hall–Kier alpha value is -3.04. The van der Waals surface area contributed by atoms with Crippen molar-refractivity contribution in [2.24, 2.45) is 0 Å². The summed E-state index contributed by atoms with van der Waals surface area (Å²) in [5, 5.41) is 3.04. The molecule has 208 valence electrons. The van der Waals surface area contributed by atoms with Crippen LogP contribution in [0.1, 0.15) is 31.2 Å². The Morgan fingerprint density at radius 1 is 1.00 bits per heavy atom. The van der Waals surface area contributed by atoms with Gasteiger partial charge in [-0.25, -0.2) is 18.0 Å². The van der Waals surface area contributed by atoms with Crippen LogP contribution in [0, 0.1) is 0 Å². The van der Waals surface area contributed by atoms with Crippen molar-refractivity contribution >= 4 is 44.3 Å². The van der Waals surface area contributed by atoms with E-state index in [2.05, 4.69) is 5.32 Å². The molecule has 0 unspecified atom stereocenters. The second-order valence-corrected chi connectivity index (χ2v) is 11.3. The monoisotopic (exact) mass is 569 g/mol. The van der Waals surface area contributed by atoms with Gasteiger partial charge in [-0.15, -0.1) is 11.3 Å². The third-order valence-corrected chi connectivity index (χ3v) is 9.00. The Morgan fingerprint density at radius 3 is 2.18 bits per heavy atom. The van der Waals surface area contributed by atoms with Crippen LogP contribution in [0.2, 0.25) is 0 Å². The van der Waals surface area contributed by atoms with Gasteiger partial charge in [-0.2, -0.15) is 4.31 Å². The number of fused-ring (bicyclic) bond motifs is 1. The minimum Gasteiger partial charge on any atom is -0.465 e. The molecule has 0 radical (unpaired) electrons. The summed E-state index contributed by atoms with van der Waals surface area (Å²) in [4.78, 5) is 39.8. The Balaban J connectivity index is 1.83. The lowest BCUT2D eigenvalue weighted by atomic mass is 10.0. The first-order chi connectivity index (χ1) is 18.2. The molecular weight excluding hydrogens is 538 g/mol. The van der Waals surface area contributed by atoms with Crippen molar-refractivity contribution in [3.8, 4) is 0 Å². The SMILES string of the molecule is COCCN(CCOC)S(=O)(=O)c1ccc(C(=O)Nc2sc3c(c2C(=O)OC)CCN(C(=O)OC)C3)cc1. The number of sulfonamides is 1. The van der Waals surface area contributed by atoms with Crippen LogP contribution in [0.15, 0.2) is 29.2 Å². The highest BCUT2D eigenvalue weighted by atomic mass is 32.2. The first-order valence-corrected chi connectivity index (χ1v) is 13.9. The van der Waals surface area contributed by atoms with E-state index in [9.17, 15) is 22.8 Å². The summed E-state index contributed by atoms with van der Waals surface area (Å²) in [7, 11) is 1.68. The zero-order valence-corrected chi connectivity index (χ0v) is 23.3.